The van der Waals surface area contributed by atoms with Crippen molar-refractivity contribution >= 4 is 33.2 Å². The summed E-state index contributed by atoms with van der Waals surface area (Å²) in [6.07, 6.45) is 0.687. The van der Waals surface area contributed by atoms with Crippen molar-refractivity contribution < 1.29 is 17.9 Å². The van der Waals surface area contributed by atoms with Gasteiger partial charge in [0.15, 0.2) is 0 Å². The lowest BCUT2D eigenvalue weighted by Gasteiger charge is -2.11. The van der Waals surface area contributed by atoms with Gasteiger partial charge in [-0.3, -0.25) is 4.79 Å². The molecule has 2 aromatic carbocycles. The highest BCUT2D eigenvalue weighted by atomic mass is 35.5. The number of nitrogens with two attached hydrogens (primary N) is 1. The summed E-state index contributed by atoms with van der Waals surface area (Å²) in [5, 5.41) is 8.50. The Kier molecular flexibility index (Phi) is 4.73. The van der Waals surface area contributed by atoms with Crippen LogP contribution in [-0.2, 0) is 14.8 Å². The number of rotatable bonds is 5. The first-order valence-corrected chi connectivity index (χ1v) is 9.50. The quantitative estimate of drug-likeness (QED) is 0.833. The van der Waals surface area contributed by atoms with Crippen molar-refractivity contribution in [3.63, 3.8) is 0 Å². The molecule has 0 radical (unpaired) electrons. The van der Waals surface area contributed by atoms with Gasteiger partial charge in [0, 0.05) is 10.9 Å². The van der Waals surface area contributed by atoms with Crippen LogP contribution in [-0.4, -0.2) is 21.4 Å². The number of sulfonamides is 1. The molecule has 1 aliphatic rings. The number of hydrogen-bond donors (Lipinski definition) is 2. The second-order valence-electron chi connectivity index (χ2n) is 5.87. The second kappa shape index (κ2) is 6.67. The fourth-order valence-electron chi connectivity index (χ4n) is 2.79. The lowest BCUT2D eigenvalue weighted by atomic mass is 10.1. The molecule has 0 heterocycles. The molecule has 1 amide bonds. The molecule has 0 aromatic heterocycles. The van der Waals surface area contributed by atoms with Crippen molar-refractivity contribution in [2.24, 2.45) is 11.1 Å². The Morgan fingerprint density at radius 2 is 2.00 bits per heavy atom. The van der Waals surface area contributed by atoms with Gasteiger partial charge in [0.2, 0.25) is 15.9 Å². The first kappa shape index (κ1) is 17.7. The van der Waals surface area contributed by atoms with E-state index in [-0.39, 0.29) is 28.3 Å². The lowest BCUT2D eigenvalue weighted by molar-refractivity contribution is -0.117. The van der Waals surface area contributed by atoms with Gasteiger partial charge < -0.3 is 10.1 Å². The van der Waals surface area contributed by atoms with Gasteiger partial charge in [0.1, 0.15) is 5.75 Å². The van der Waals surface area contributed by atoms with Crippen LogP contribution < -0.4 is 15.2 Å². The van der Waals surface area contributed by atoms with Gasteiger partial charge >= 0.3 is 0 Å². The minimum Gasteiger partial charge on any atom is -0.495 e. The van der Waals surface area contributed by atoms with Crippen molar-refractivity contribution in [2.75, 3.05) is 12.4 Å². The first-order valence-electron chi connectivity index (χ1n) is 7.57. The maximum atomic E-state index is 12.5. The summed E-state index contributed by atoms with van der Waals surface area (Å²) in [6.45, 7) is 0. The summed E-state index contributed by atoms with van der Waals surface area (Å²) in [4.78, 5) is 12.4. The van der Waals surface area contributed by atoms with Crippen molar-refractivity contribution in [2.45, 2.75) is 17.2 Å². The second-order valence-corrected chi connectivity index (χ2v) is 7.84. The predicted octanol–water partition coefficient (Wildman–Crippen LogP) is 2.74. The van der Waals surface area contributed by atoms with Crippen LogP contribution in [0.25, 0.3) is 0 Å². The molecule has 3 N–H and O–H groups in total. The highest BCUT2D eigenvalue weighted by Gasteiger charge is 2.45. The zero-order valence-electron chi connectivity index (χ0n) is 13.4. The number of ether oxygens (including phenoxy) is 1. The Hall–Kier alpha value is -2.09. The Balaban J connectivity index is 1.79. The summed E-state index contributed by atoms with van der Waals surface area (Å²) in [5.74, 6) is -0.0191. The molecule has 3 rings (SSSR count). The minimum absolute atomic E-state index is 0.0566. The SMILES string of the molecule is COc1ccc(S(N)(=O)=O)cc1NC(=O)C1CC1c1ccccc1Cl. The Bertz CT molecular complexity index is 930. The van der Waals surface area contributed by atoms with Crippen LogP contribution in [0, 0.1) is 5.92 Å². The van der Waals surface area contributed by atoms with E-state index in [1.807, 2.05) is 18.2 Å². The highest BCUT2D eigenvalue weighted by Crippen LogP contribution is 2.50. The zero-order chi connectivity index (χ0) is 18.2. The molecule has 0 spiro atoms. The third-order valence-electron chi connectivity index (χ3n) is 4.19. The van der Waals surface area contributed by atoms with E-state index in [1.165, 1.54) is 25.3 Å². The number of primary sulfonamides is 1. The molecule has 8 heteroatoms. The molecule has 1 saturated carbocycles. The number of halogens is 1. The maximum Gasteiger partial charge on any atom is 0.238 e. The maximum absolute atomic E-state index is 12.5. The van der Waals surface area contributed by atoms with Crippen LogP contribution in [0.15, 0.2) is 47.4 Å². The van der Waals surface area contributed by atoms with Crippen molar-refractivity contribution in [3.8, 4) is 5.75 Å². The Labute approximate surface area is 151 Å². The van der Waals surface area contributed by atoms with Crippen LogP contribution in [0.3, 0.4) is 0 Å². The average molecular weight is 381 g/mol. The molecule has 25 heavy (non-hydrogen) atoms. The van der Waals surface area contributed by atoms with Crippen LogP contribution >= 0.6 is 11.6 Å². The number of carbonyl (C=O) groups is 1. The van der Waals surface area contributed by atoms with E-state index in [0.717, 1.165) is 5.56 Å². The Morgan fingerprint density at radius 3 is 2.64 bits per heavy atom. The molecule has 0 bridgehead atoms. The molecule has 0 saturated heterocycles. The molecular weight excluding hydrogens is 364 g/mol. The monoisotopic (exact) mass is 380 g/mol. The number of carbonyl (C=O) groups excluding carboxylic acids is 1. The van der Waals surface area contributed by atoms with Gasteiger partial charge in [-0.2, -0.15) is 0 Å². The molecule has 2 aromatic rings. The van der Waals surface area contributed by atoms with Gasteiger partial charge in [0.25, 0.3) is 0 Å². The smallest absolute Gasteiger partial charge is 0.238 e. The summed E-state index contributed by atoms with van der Waals surface area (Å²) in [5.41, 5.74) is 1.21. The predicted molar refractivity (Wildman–Crippen MR) is 95.3 cm³/mol. The van der Waals surface area contributed by atoms with E-state index >= 15 is 0 Å². The van der Waals surface area contributed by atoms with Crippen LogP contribution in [0.1, 0.15) is 17.9 Å². The van der Waals surface area contributed by atoms with Gasteiger partial charge in [-0.05, 0) is 42.2 Å². The van der Waals surface area contributed by atoms with E-state index in [4.69, 9.17) is 21.5 Å². The third kappa shape index (κ3) is 3.78. The summed E-state index contributed by atoms with van der Waals surface area (Å²) in [6, 6.07) is 11.5. The topological polar surface area (TPSA) is 98.5 Å². The number of anilines is 1. The Morgan fingerprint density at radius 1 is 1.28 bits per heavy atom. The fourth-order valence-corrected chi connectivity index (χ4v) is 3.61. The van der Waals surface area contributed by atoms with Crippen molar-refractivity contribution in [1.29, 1.82) is 0 Å². The van der Waals surface area contributed by atoms with Crippen molar-refractivity contribution in [3.05, 3.63) is 53.1 Å². The van der Waals surface area contributed by atoms with Crippen molar-refractivity contribution in [1.82, 2.24) is 0 Å². The third-order valence-corrected chi connectivity index (χ3v) is 5.44. The van der Waals surface area contributed by atoms with E-state index in [2.05, 4.69) is 5.32 Å². The van der Waals surface area contributed by atoms with E-state index in [0.29, 0.717) is 17.2 Å². The molecule has 6 nitrogen and oxygen atoms in total. The zero-order valence-corrected chi connectivity index (χ0v) is 15.0. The normalized spacial score (nSPS) is 19.3. The number of methoxy groups -OCH3 is 1. The number of amides is 1. The van der Waals surface area contributed by atoms with Crippen LogP contribution in [0.4, 0.5) is 5.69 Å². The summed E-state index contributed by atoms with van der Waals surface area (Å²) < 4.78 is 28.2. The summed E-state index contributed by atoms with van der Waals surface area (Å²) in [7, 11) is -2.44. The van der Waals surface area contributed by atoms with Crippen LogP contribution in [0.5, 0.6) is 5.75 Å². The number of nitrogens with one attached hydrogen (secondary N) is 1. The fraction of sp³-hybridized carbons (Fsp3) is 0.235. The van der Waals surface area contributed by atoms with Gasteiger partial charge in [0.05, 0.1) is 17.7 Å². The van der Waals surface area contributed by atoms with E-state index in [9.17, 15) is 13.2 Å². The van der Waals surface area contributed by atoms with Gasteiger partial charge in [-0.25, -0.2) is 13.6 Å². The van der Waals surface area contributed by atoms with E-state index in [1.54, 1.807) is 6.07 Å². The first-order chi connectivity index (χ1) is 11.8. The van der Waals surface area contributed by atoms with E-state index < -0.39 is 10.0 Å². The standard InChI is InChI=1S/C17H17ClN2O4S/c1-24-16-7-6-10(25(19,22)23)8-15(16)20-17(21)13-9-12(13)11-4-2-3-5-14(11)18/h2-8,12-13H,9H2,1H3,(H,20,21)(H2,19,22,23). The molecule has 2 unspecified atom stereocenters. The average Bonchev–Trinajstić information content (AvgIpc) is 3.35. The molecule has 132 valence electrons. The lowest BCUT2D eigenvalue weighted by Crippen LogP contribution is -2.17. The molecule has 1 fully saturated rings. The number of hydrogen-bond acceptors (Lipinski definition) is 4. The molecular formula is C17H17ClN2O4S. The molecule has 1 aliphatic carbocycles. The van der Waals surface area contributed by atoms with Crippen LogP contribution in [0.2, 0.25) is 5.02 Å². The van der Waals surface area contributed by atoms with Gasteiger partial charge in [-0.1, -0.05) is 29.8 Å². The minimum atomic E-state index is -3.87. The molecule has 2 atom stereocenters. The number of benzene rings is 2. The largest absolute Gasteiger partial charge is 0.495 e. The van der Waals surface area contributed by atoms with Gasteiger partial charge in [-0.15, -0.1) is 0 Å². The summed E-state index contributed by atoms with van der Waals surface area (Å²) >= 11 is 6.18. The highest BCUT2D eigenvalue weighted by molar-refractivity contribution is 7.89. The molecule has 0 aliphatic heterocycles.